The summed E-state index contributed by atoms with van der Waals surface area (Å²) in [5, 5.41) is 10.8. The third-order valence-electron chi connectivity index (χ3n) is 2.66. The minimum atomic E-state index is -0.192. The second kappa shape index (κ2) is 5.83. The second-order valence-corrected chi connectivity index (χ2v) is 5.66. The Morgan fingerprint density at radius 3 is 2.89 bits per heavy atom. The van der Waals surface area contributed by atoms with Crippen molar-refractivity contribution in [3.8, 4) is 0 Å². The van der Waals surface area contributed by atoms with Gasteiger partial charge in [-0.3, -0.25) is 4.68 Å². The van der Waals surface area contributed by atoms with E-state index >= 15 is 0 Å². The molecule has 0 aromatic carbocycles. The van der Waals surface area contributed by atoms with Gasteiger partial charge < -0.3 is 10.6 Å². The molecule has 2 N–H and O–H groups in total. The van der Waals surface area contributed by atoms with Crippen LogP contribution in [0.3, 0.4) is 0 Å². The highest BCUT2D eigenvalue weighted by molar-refractivity contribution is 7.11. The van der Waals surface area contributed by atoms with Crippen LogP contribution in [0.5, 0.6) is 0 Å². The predicted molar refractivity (Wildman–Crippen MR) is 73.8 cm³/mol. The van der Waals surface area contributed by atoms with Gasteiger partial charge >= 0.3 is 6.03 Å². The van der Waals surface area contributed by atoms with Crippen LogP contribution in [0, 0.1) is 6.92 Å². The number of hydrogen-bond donors (Lipinski definition) is 2. The molecule has 0 fully saturated rings. The average molecular weight is 279 g/mol. The number of nitrogens with zero attached hydrogens (tertiary/aromatic N) is 3. The first-order chi connectivity index (χ1) is 9.04. The lowest BCUT2D eigenvalue weighted by Crippen LogP contribution is -2.36. The molecule has 0 aliphatic heterocycles. The fourth-order valence-corrected chi connectivity index (χ4v) is 2.38. The number of rotatable bonds is 4. The maximum Gasteiger partial charge on any atom is 0.315 e. The average Bonchev–Trinajstić information content (AvgIpc) is 2.95. The van der Waals surface area contributed by atoms with Crippen molar-refractivity contribution in [3.05, 3.63) is 34.0 Å². The van der Waals surface area contributed by atoms with Gasteiger partial charge in [0.05, 0.1) is 23.8 Å². The zero-order valence-electron chi connectivity index (χ0n) is 11.2. The molecule has 0 aliphatic carbocycles. The standard InChI is InChI=1S/C12H17N5OS/c1-8(10-4-15-17(3)7-10)16-12(18)14-6-11-5-13-9(2)19-11/h4-5,7-8H,6H2,1-3H3,(H2,14,16,18). The van der Waals surface area contributed by atoms with Gasteiger partial charge in [-0.05, 0) is 13.8 Å². The van der Waals surface area contributed by atoms with Gasteiger partial charge in [-0.15, -0.1) is 11.3 Å². The Morgan fingerprint density at radius 1 is 1.53 bits per heavy atom. The molecule has 2 aromatic rings. The highest BCUT2D eigenvalue weighted by Crippen LogP contribution is 2.12. The van der Waals surface area contributed by atoms with E-state index in [-0.39, 0.29) is 12.1 Å². The van der Waals surface area contributed by atoms with E-state index in [2.05, 4.69) is 20.7 Å². The molecular weight excluding hydrogens is 262 g/mol. The van der Waals surface area contributed by atoms with Crippen LogP contribution in [0.1, 0.15) is 28.4 Å². The van der Waals surface area contributed by atoms with E-state index in [4.69, 9.17) is 0 Å². The normalized spacial score (nSPS) is 12.2. The summed E-state index contributed by atoms with van der Waals surface area (Å²) in [6.07, 6.45) is 5.42. The van der Waals surface area contributed by atoms with Crippen molar-refractivity contribution in [3.63, 3.8) is 0 Å². The third kappa shape index (κ3) is 3.78. The van der Waals surface area contributed by atoms with Crippen LogP contribution in [0.2, 0.25) is 0 Å². The first kappa shape index (κ1) is 13.5. The number of amides is 2. The first-order valence-electron chi connectivity index (χ1n) is 5.99. The zero-order chi connectivity index (χ0) is 13.8. The summed E-state index contributed by atoms with van der Waals surface area (Å²) >= 11 is 1.58. The summed E-state index contributed by atoms with van der Waals surface area (Å²) in [5.41, 5.74) is 0.978. The van der Waals surface area contributed by atoms with E-state index in [0.717, 1.165) is 15.4 Å². The molecule has 7 heteroatoms. The Kier molecular flexibility index (Phi) is 4.16. The van der Waals surface area contributed by atoms with Crippen molar-refractivity contribution < 1.29 is 4.79 Å². The molecule has 1 unspecified atom stereocenters. The van der Waals surface area contributed by atoms with E-state index in [1.165, 1.54) is 0 Å². The highest BCUT2D eigenvalue weighted by atomic mass is 32.1. The lowest BCUT2D eigenvalue weighted by Gasteiger charge is -2.12. The Hall–Kier alpha value is -1.89. The molecule has 2 amide bonds. The van der Waals surface area contributed by atoms with Crippen molar-refractivity contribution in [2.45, 2.75) is 26.4 Å². The molecule has 102 valence electrons. The molecule has 6 nitrogen and oxygen atoms in total. The largest absolute Gasteiger partial charge is 0.333 e. The second-order valence-electron chi connectivity index (χ2n) is 4.34. The predicted octanol–water partition coefficient (Wildman–Crippen LogP) is 1.75. The number of urea groups is 1. The molecule has 19 heavy (non-hydrogen) atoms. The quantitative estimate of drug-likeness (QED) is 0.895. The third-order valence-corrected chi connectivity index (χ3v) is 3.58. The van der Waals surface area contributed by atoms with Gasteiger partial charge in [0.2, 0.25) is 0 Å². The molecule has 2 heterocycles. The van der Waals surface area contributed by atoms with E-state index in [1.807, 2.05) is 27.1 Å². The van der Waals surface area contributed by atoms with E-state index in [1.54, 1.807) is 28.4 Å². The maximum atomic E-state index is 11.7. The number of aryl methyl sites for hydroxylation is 2. The lowest BCUT2D eigenvalue weighted by molar-refractivity contribution is 0.237. The van der Waals surface area contributed by atoms with E-state index in [9.17, 15) is 4.79 Å². The summed E-state index contributed by atoms with van der Waals surface area (Å²) in [5.74, 6) is 0. The molecule has 0 spiro atoms. The molecule has 1 atom stereocenters. The molecule has 0 saturated carbocycles. The molecule has 0 saturated heterocycles. The van der Waals surface area contributed by atoms with Gasteiger partial charge in [-0.2, -0.15) is 5.10 Å². The number of hydrogen-bond acceptors (Lipinski definition) is 4. The SMILES string of the molecule is Cc1ncc(CNC(=O)NC(C)c2cnn(C)c2)s1. The molecule has 2 rings (SSSR count). The summed E-state index contributed by atoms with van der Waals surface area (Å²) in [6.45, 7) is 4.36. The van der Waals surface area contributed by atoms with Crippen LogP contribution in [-0.2, 0) is 13.6 Å². The highest BCUT2D eigenvalue weighted by Gasteiger charge is 2.10. The number of nitrogens with one attached hydrogen (secondary N) is 2. The van der Waals surface area contributed by atoms with Gasteiger partial charge in [-0.25, -0.2) is 9.78 Å². The summed E-state index contributed by atoms with van der Waals surface area (Å²) in [4.78, 5) is 16.9. The fraction of sp³-hybridized carbons (Fsp3) is 0.417. The van der Waals surface area contributed by atoms with Crippen molar-refractivity contribution in [1.82, 2.24) is 25.4 Å². The smallest absolute Gasteiger partial charge is 0.315 e. The first-order valence-corrected chi connectivity index (χ1v) is 6.80. The van der Waals surface area contributed by atoms with Crippen LogP contribution >= 0.6 is 11.3 Å². The number of thiazole rings is 1. The number of carbonyl (C=O) groups excluding carboxylic acids is 1. The monoisotopic (exact) mass is 279 g/mol. The Morgan fingerprint density at radius 2 is 2.32 bits per heavy atom. The van der Waals surface area contributed by atoms with E-state index < -0.39 is 0 Å². The van der Waals surface area contributed by atoms with Crippen LogP contribution < -0.4 is 10.6 Å². The molecule has 0 bridgehead atoms. The number of aromatic nitrogens is 3. The van der Waals surface area contributed by atoms with E-state index in [0.29, 0.717) is 6.54 Å². The fourth-order valence-electron chi connectivity index (χ4n) is 1.65. The Bertz CT molecular complexity index is 562. The molecule has 0 radical (unpaired) electrons. The van der Waals surface area contributed by atoms with Crippen LogP contribution in [0.4, 0.5) is 4.79 Å². The van der Waals surface area contributed by atoms with Crippen molar-refractivity contribution >= 4 is 17.4 Å². The number of carbonyl (C=O) groups is 1. The van der Waals surface area contributed by atoms with Crippen LogP contribution in [-0.4, -0.2) is 20.8 Å². The van der Waals surface area contributed by atoms with Gasteiger partial charge in [0.15, 0.2) is 0 Å². The summed E-state index contributed by atoms with van der Waals surface area (Å²) in [7, 11) is 1.85. The minimum Gasteiger partial charge on any atom is -0.333 e. The van der Waals surface area contributed by atoms with Crippen LogP contribution in [0.25, 0.3) is 0 Å². The summed E-state index contributed by atoms with van der Waals surface area (Å²) in [6, 6.07) is -0.265. The molecule has 0 aliphatic rings. The Balaban J connectivity index is 1.81. The lowest BCUT2D eigenvalue weighted by atomic mass is 10.2. The van der Waals surface area contributed by atoms with Crippen molar-refractivity contribution in [2.75, 3.05) is 0 Å². The molecule has 2 aromatic heterocycles. The topological polar surface area (TPSA) is 71.8 Å². The Labute approximate surface area is 115 Å². The zero-order valence-corrected chi connectivity index (χ0v) is 12.0. The molecular formula is C12H17N5OS. The minimum absolute atomic E-state index is 0.0723. The van der Waals surface area contributed by atoms with Gasteiger partial charge in [0.25, 0.3) is 0 Å². The van der Waals surface area contributed by atoms with Crippen molar-refractivity contribution in [1.29, 1.82) is 0 Å². The van der Waals surface area contributed by atoms with Gasteiger partial charge in [-0.1, -0.05) is 0 Å². The van der Waals surface area contributed by atoms with Gasteiger partial charge in [0.1, 0.15) is 0 Å². The van der Waals surface area contributed by atoms with Gasteiger partial charge in [0, 0.05) is 29.9 Å². The van der Waals surface area contributed by atoms with Crippen LogP contribution in [0.15, 0.2) is 18.6 Å². The van der Waals surface area contributed by atoms with Crippen molar-refractivity contribution in [2.24, 2.45) is 7.05 Å². The summed E-state index contributed by atoms with van der Waals surface area (Å²) < 4.78 is 1.71. The maximum absolute atomic E-state index is 11.7.